The van der Waals surface area contributed by atoms with Crippen molar-refractivity contribution in [1.29, 1.82) is 0 Å². The van der Waals surface area contributed by atoms with E-state index in [-0.39, 0.29) is 18.5 Å². The highest BCUT2D eigenvalue weighted by molar-refractivity contribution is 5.76. The zero-order chi connectivity index (χ0) is 45.1. The van der Waals surface area contributed by atoms with Gasteiger partial charge in [-0.2, -0.15) is 0 Å². The van der Waals surface area contributed by atoms with Crippen molar-refractivity contribution in [3.05, 3.63) is 24.3 Å². The van der Waals surface area contributed by atoms with Crippen LogP contribution in [0.2, 0.25) is 0 Å². The third kappa shape index (κ3) is 47.8. The van der Waals surface area contributed by atoms with Crippen molar-refractivity contribution in [2.75, 3.05) is 13.2 Å². The molecule has 0 aliphatic heterocycles. The van der Waals surface area contributed by atoms with Crippen LogP contribution in [-0.4, -0.2) is 47.4 Å². The minimum atomic E-state index is -0.675. The van der Waals surface area contributed by atoms with Crippen molar-refractivity contribution in [3.63, 3.8) is 0 Å². The number of rotatable bonds is 51. The van der Waals surface area contributed by atoms with Crippen LogP contribution in [0.3, 0.4) is 0 Å². The first-order chi connectivity index (χ1) is 30.5. The highest BCUT2D eigenvalue weighted by atomic mass is 16.5. The molecule has 0 aromatic rings. The summed E-state index contributed by atoms with van der Waals surface area (Å²) >= 11 is 0. The first kappa shape index (κ1) is 60.3. The molecular formula is C56H107NO5. The van der Waals surface area contributed by atoms with Crippen LogP contribution in [-0.2, 0) is 14.3 Å². The molecule has 2 atom stereocenters. The molecule has 2 unspecified atom stereocenters. The molecule has 0 radical (unpaired) electrons. The average molecular weight is 874 g/mol. The Kier molecular flexibility index (Phi) is 50.6. The second-order valence-electron chi connectivity index (χ2n) is 18.9. The summed E-state index contributed by atoms with van der Waals surface area (Å²) < 4.78 is 5.44. The molecule has 0 aromatic heterocycles. The Labute approximate surface area is 386 Å². The van der Waals surface area contributed by atoms with Crippen LogP contribution in [0.15, 0.2) is 24.3 Å². The third-order valence-corrected chi connectivity index (χ3v) is 12.7. The molecule has 6 heteroatoms. The predicted octanol–water partition coefficient (Wildman–Crippen LogP) is 16.7. The lowest BCUT2D eigenvalue weighted by molar-refractivity contribution is -0.143. The molecule has 6 nitrogen and oxygen atoms in total. The SMILES string of the molecule is CCCC/C=C\CCCCCCCC(=O)OCCCCCCCCC/C=C\CCCCCCCC(=O)NC(CO)C(O)CCCCCCCCCCCCCCCCCCCC. The summed E-state index contributed by atoms with van der Waals surface area (Å²) in [5.74, 6) is -0.0644. The first-order valence-corrected chi connectivity index (χ1v) is 27.6. The predicted molar refractivity (Wildman–Crippen MR) is 269 cm³/mol. The quantitative estimate of drug-likeness (QED) is 0.0321. The van der Waals surface area contributed by atoms with Gasteiger partial charge in [0, 0.05) is 12.8 Å². The monoisotopic (exact) mass is 874 g/mol. The molecule has 0 saturated carbocycles. The van der Waals surface area contributed by atoms with E-state index in [9.17, 15) is 19.8 Å². The van der Waals surface area contributed by atoms with Gasteiger partial charge in [0.2, 0.25) is 5.91 Å². The van der Waals surface area contributed by atoms with E-state index in [0.717, 1.165) is 64.2 Å². The third-order valence-electron chi connectivity index (χ3n) is 12.7. The number of carbonyl (C=O) groups is 2. The number of carbonyl (C=O) groups excluding carboxylic acids is 2. The summed E-state index contributed by atoms with van der Waals surface area (Å²) in [6.07, 6.45) is 61.6. The number of aliphatic hydroxyl groups excluding tert-OH is 2. The molecule has 0 saturated heterocycles. The second-order valence-corrected chi connectivity index (χ2v) is 18.9. The lowest BCUT2D eigenvalue weighted by atomic mass is 10.0. The van der Waals surface area contributed by atoms with E-state index in [1.165, 1.54) is 199 Å². The molecule has 0 bridgehead atoms. The topological polar surface area (TPSA) is 95.9 Å². The summed E-state index contributed by atoms with van der Waals surface area (Å²) in [6, 6.07) is -0.554. The van der Waals surface area contributed by atoms with Gasteiger partial charge < -0.3 is 20.3 Å². The standard InChI is InChI=1S/C56H107NO5/c1-3-5-7-9-11-13-15-16-17-18-19-22-25-29-32-36-40-44-48-54(59)53(52-58)57-55(60)49-45-41-37-33-30-26-23-20-21-24-27-31-35-39-43-47-51-62-56(61)50-46-42-38-34-28-14-12-10-8-6-4-2/h10,12,20,23,53-54,58-59H,3-9,11,13-19,21-22,24-52H2,1-2H3,(H,57,60)/b12-10-,23-20-. The molecule has 0 aliphatic carbocycles. The van der Waals surface area contributed by atoms with Crippen LogP contribution in [0.1, 0.15) is 296 Å². The maximum atomic E-state index is 12.5. The summed E-state index contributed by atoms with van der Waals surface area (Å²) in [4.78, 5) is 24.4. The second kappa shape index (κ2) is 52.0. The van der Waals surface area contributed by atoms with Crippen molar-refractivity contribution in [2.45, 2.75) is 309 Å². The molecule has 0 heterocycles. The smallest absolute Gasteiger partial charge is 0.305 e. The summed E-state index contributed by atoms with van der Waals surface area (Å²) in [6.45, 7) is 4.90. The van der Waals surface area contributed by atoms with Crippen LogP contribution in [0, 0.1) is 0 Å². The Morgan fingerprint density at radius 2 is 0.774 bits per heavy atom. The fourth-order valence-corrected chi connectivity index (χ4v) is 8.44. The van der Waals surface area contributed by atoms with E-state index in [2.05, 4.69) is 43.5 Å². The number of amides is 1. The Hall–Kier alpha value is -1.66. The lowest BCUT2D eigenvalue weighted by Crippen LogP contribution is -2.45. The number of hydrogen-bond acceptors (Lipinski definition) is 5. The van der Waals surface area contributed by atoms with Gasteiger partial charge in [-0.3, -0.25) is 9.59 Å². The molecule has 3 N–H and O–H groups in total. The summed E-state index contributed by atoms with van der Waals surface area (Å²) in [5.41, 5.74) is 0. The fraction of sp³-hybridized carbons (Fsp3) is 0.893. The first-order valence-electron chi connectivity index (χ1n) is 27.6. The highest BCUT2D eigenvalue weighted by Gasteiger charge is 2.20. The van der Waals surface area contributed by atoms with Crippen molar-refractivity contribution in [1.82, 2.24) is 5.32 Å². The number of ether oxygens (including phenoxy) is 1. The van der Waals surface area contributed by atoms with Crippen molar-refractivity contribution in [3.8, 4) is 0 Å². The Morgan fingerprint density at radius 1 is 0.435 bits per heavy atom. The maximum absolute atomic E-state index is 12.5. The molecule has 62 heavy (non-hydrogen) atoms. The van der Waals surface area contributed by atoms with E-state index < -0.39 is 12.1 Å². The van der Waals surface area contributed by atoms with Gasteiger partial charge in [-0.25, -0.2) is 0 Å². The van der Waals surface area contributed by atoms with Crippen LogP contribution >= 0.6 is 0 Å². The van der Waals surface area contributed by atoms with Crippen molar-refractivity contribution in [2.24, 2.45) is 0 Å². The molecule has 0 fully saturated rings. The van der Waals surface area contributed by atoms with Crippen LogP contribution in [0.5, 0.6) is 0 Å². The average Bonchev–Trinajstić information content (AvgIpc) is 3.27. The van der Waals surface area contributed by atoms with Gasteiger partial charge in [0.1, 0.15) is 0 Å². The minimum Gasteiger partial charge on any atom is -0.466 e. The van der Waals surface area contributed by atoms with Gasteiger partial charge in [0.05, 0.1) is 25.4 Å². The normalized spacial score (nSPS) is 12.8. The number of esters is 1. The van der Waals surface area contributed by atoms with Gasteiger partial charge in [-0.15, -0.1) is 0 Å². The van der Waals surface area contributed by atoms with Gasteiger partial charge in [0.15, 0.2) is 0 Å². The maximum Gasteiger partial charge on any atom is 0.305 e. The van der Waals surface area contributed by atoms with E-state index >= 15 is 0 Å². The molecule has 0 spiro atoms. The van der Waals surface area contributed by atoms with Gasteiger partial charge in [0.25, 0.3) is 0 Å². The number of unbranched alkanes of at least 4 members (excludes halogenated alkanes) is 36. The molecule has 0 rings (SSSR count). The van der Waals surface area contributed by atoms with Crippen LogP contribution < -0.4 is 5.32 Å². The number of aliphatic hydroxyl groups is 2. The minimum absolute atomic E-state index is 0.0138. The van der Waals surface area contributed by atoms with E-state index in [1.807, 2.05) is 0 Å². The highest BCUT2D eigenvalue weighted by Crippen LogP contribution is 2.17. The largest absolute Gasteiger partial charge is 0.466 e. The Morgan fingerprint density at radius 3 is 1.19 bits per heavy atom. The molecule has 0 aliphatic rings. The molecule has 366 valence electrons. The van der Waals surface area contributed by atoms with Gasteiger partial charge in [-0.05, 0) is 70.6 Å². The summed E-state index contributed by atoms with van der Waals surface area (Å²) in [7, 11) is 0. The Balaban J connectivity index is 3.48. The van der Waals surface area contributed by atoms with Gasteiger partial charge in [-0.1, -0.05) is 237 Å². The lowest BCUT2D eigenvalue weighted by Gasteiger charge is -2.22. The molecule has 0 aromatic carbocycles. The van der Waals surface area contributed by atoms with Crippen LogP contribution in [0.4, 0.5) is 0 Å². The number of hydrogen-bond donors (Lipinski definition) is 3. The van der Waals surface area contributed by atoms with Crippen LogP contribution in [0.25, 0.3) is 0 Å². The Bertz CT molecular complexity index is 966. The summed E-state index contributed by atoms with van der Waals surface area (Å²) in [5, 5.41) is 23.3. The van der Waals surface area contributed by atoms with E-state index in [4.69, 9.17) is 4.74 Å². The fourth-order valence-electron chi connectivity index (χ4n) is 8.44. The van der Waals surface area contributed by atoms with Gasteiger partial charge >= 0.3 is 5.97 Å². The number of nitrogens with one attached hydrogen (secondary N) is 1. The van der Waals surface area contributed by atoms with Crippen molar-refractivity contribution >= 4 is 11.9 Å². The van der Waals surface area contributed by atoms with E-state index in [0.29, 0.717) is 25.9 Å². The number of allylic oxidation sites excluding steroid dienone is 4. The van der Waals surface area contributed by atoms with E-state index in [1.54, 1.807) is 0 Å². The molecule has 1 amide bonds. The molecular weight excluding hydrogens is 767 g/mol. The zero-order valence-corrected chi connectivity index (χ0v) is 41.6. The zero-order valence-electron chi connectivity index (χ0n) is 41.6. The van der Waals surface area contributed by atoms with Crippen molar-refractivity contribution < 1.29 is 24.5 Å².